The average Bonchev–Trinajstić information content (AvgIpc) is 1.83. The number of nitrogen functional groups attached to an aromatic ring is 2. The Hall–Kier alpha value is -12.9. The summed E-state index contributed by atoms with van der Waals surface area (Å²) in [5.74, 6) is -2.47. The average molecular weight is 1400 g/mol. The molecule has 10 amide bonds. The monoisotopic (exact) mass is 1400 g/mol. The molecule has 540 valence electrons. The highest BCUT2D eigenvalue weighted by molar-refractivity contribution is 5.84. The molecule has 0 aliphatic heterocycles. The maximum absolute atomic E-state index is 13.4. The number of nitrogens with one attached hydrogen (secondary N) is 10. The number of amides is 10. The van der Waals surface area contributed by atoms with E-state index in [4.69, 9.17) is 30.1 Å². The quantitative estimate of drug-likeness (QED) is 0.0192. The van der Waals surface area contributed by atoms with Crippen LogP contribution in [0, 0.1) is 5.82 Å². The zero-order valence-corrected chi connectivity index (χ0v) is 56.2. The van der Waals surface area contributed by atoms with Crippen molar-refractivity contribution in [3.8, 4) is 11.4 Å². The number of nitrogens with two attached hydrogens (primary N) is 2. The Balaban J connectivity index is 0.000000268. The summed E-state index contributed by atoms with van der Waals surface area (Å²) in [6, 6.07) is 30.0. The molecule has 0 saturated carbocycles. The molecule has 8 rings (SSSR count). The number of urea groups is 5. The molecule has 4 aromatic carbocycles. The van der Waals surface area contributed by atoms with Crippen LogP contribution in [0.5, 0.6) is 0 Å². The molecule has 0 spiro atoms. The molecule has 0 saturated heterocycles. The van der Waals surface area contributed by atoms with Crippen LogP contribution >= 0.6 is 0 Å². The number of aromatic nitrogens is 6. The first-order valence-corrected chi connectivity index (χ1v) is 31.3. The van der Waals surface area contributed by atoms with Gasteiger partial charge in [0, 0.05) is 68.0 Å². The van der Waals surface area contributed by atoms with E-state index < -0.39 is 65.8 Å². The van der Waals surface area contributed by atoms with Crippen LogP contribution in [0.1, 0.15) is 62.4 Å². The highest BCUT2D eigenvalue weighted by atomic mass is 19.1. The molecular formula is C66H83FN18O16. The van der Waals surface area contributed by atoms with Crippen molar-refractivity contribution in [2.75, 3.05) is 77.2 Å². The summed E-state index contributed by atoms with van der Waals surface area (Å²) in [6.45, 7) is 10.4. The van der Waals surface area contributed by atoms with Crippen LogP contribution in [0.2, 0.25) is 0 Å². The Bertz CT molecular complexity index is 3840. The molecule has 4 aromatic heterocycles. The van der Waals surface area contributed by atoms with Gasteiger partial charge in [-0.05, 0) is 118 Å². The fraction of sp³-hybridized carbons (Fsp3) is 0.303. The molecule has 0 bridgehead atoms. The standard InChI is InChI=1S/C15H18N4O3.C14H17N5O3.C14H16N2O4.C12H16FN3O3.C11H16N4O3/c1-2-22-14(20)11-17-15(21)16-10-12-4-6-13(7-5-12)19-9-3-8-18-19;1-2-22-13(20)8-17-14(21)16-7-11-4-3-5-12(6-11)19-10-15-9-18-19;1-2-19-13(17)9-16-14(18)15-8-10-3-4-11-5-6-20-12(11)7-10;1-2-19-11(17)7-16-12(18)15-6-8-9(13)4-3-5-10(8)14;1-2-18-10(16)7-15-11(17)14-6-8-3-4-9(12)13-5-8/h3-9H,2,10-11H2,1H3,(H2,16,17,21);3-6,9-10H,2,7-8H2,1H3,(H2,16,17,21);3-7H,2,8-9H2,1H3,(H2,15,16,18);3-5H,2,6-7,14H2,1H3,(H2,15,16,18);3-5H,2,6-7H2,1H3,(H2,12,13)(H2,14,15,17). The van der Waals surface area contributed by atoms with Crippen molar-refractivity contribution in [1.29, 1.82) is 0 Å². The van der Waals surface area contributed by atoms with Crippen LogP contribution in [0.4, 0.5) is 39.9 Å². The van der Waals surface area contributed by atoms with Gasteiger partial charge in [0.1, 0.15) is 62.6 Å². The van der Waals surface area contributed by atoms with E-state index >= 15 is 0 Å². The number of pyridine rings is 1. The number of esters is 5. The second-order valence-electron chi connectivity index (χ2n) is 20.0. The molecule has 35 heteroatoms. The van der Waals surface area contributed by atoms with Crippen molar-refractivity contribution < 1.29 is 80.4 Å². The molecule has 0 atom stereocenters. The van der Waals surface area contributed by atoms with Crippen LogP contribution in [0.25, 0.3) is 22.3 Å². The first kappa shape index (κ1) is 80.6. The van der Waals surface area contributed by atoms with Gasteiger partial charge in [0.05, 0.1) is 50.7 Å². The van der Waals surface area contributed by atoms with Crippen LogP contribution in [-0.2, 0) is 80.4 Å². The number of halogens is 1. The number of hydrogen-bond acceptors (Lipinski definition) is 22. The van der Waals surface area contributed by atoms with Crippen molar-refractivity contribution in [2.24, 2.45) is 0 Å². The molecule has 0 fully saturated rings. The van der Waals surface area contributed by atoms with E-state index in [2.05, 4.69) is 82.8 Å². The number of carbonyl (C=O) groups excluding carboxylic acids is 10. The van der Waals surface area contributed by atoms with Crippen LogP contribution in [0.15, 0.2) is 151 Å². The number of carbonyl (C=O) groups is 10. The summed E-state index contributed by atoms with van der Waals surface area (Å²) in [6.07, 6.45) is 9.81. The molecule has 34 nitrogen and oxygen atoms in total. The summed E-state index contributed by atoms with van der Waals surface area (Å²) in [5, 5.41) is 34.1. The summed E-state index contributed by atoms with van der Waals surface area (Å²) < 4.78 is 45.5. The number of nitrogens with zero attached hydrogens (tertiary/aromatic N) is 6. The summed E-state index contributed by atoms with van der Waals surface area (Å²) in [7, 11) is 0. The zero-order valence-electron chi connectivity index (χ0n) is 56.2. The normalized spacial score (nSPS) is 9.96. The largest absolute Gasteiger partial charge is 0.465 e. The van der Waals surface area contributed by atoms with Gasteiger partial charge in [0.25, 0.3) is 0 Å². The van der Waals surface area contributed by atoms with Gasteiger partial charge in [-0.1, -0.05) is 48.5 Å². The van der Waals surface area contributed by atoms with Gasteiger partial charge in [-0.25, -0.2) is 47.7 Å². The second kappa shape index (κ2) is 46.3. The van der Waals surface area contributed by atoms with E-state index in [0.717, 1.165) is 44.6 Å². The lowest BCUT2D eigenvalue weighted by Crippen LogP contribution is -2.38. The van der Waals surface area contributed by atoms with Crippen LogP contribution < -0.4 is 64.6 Å². The molecule has 0 aliphatic carbocycles. The van der Waals surface area contributed by atoms with Gasteiger partial charge in [0.15, 0.2) is 0 Å². The van der Waals surface area contributed by atoms with Gasteiger partial charge in [-0.2, -0.15) is 10.2 Å². The predicted octanol–water partition coefficient (Wildman–Crippen LogP) is 4.46. The highest BCUT2D eigenvalue weighted by Crippen LogP contribution is 2.18. The Morgan fingerprint density at radius 1 is 0.455 bits per heavy atom. The lowest BCUT2D eigenvalue weighted by atomic mass is 10.1. The van der Waals surface area contributed by atoms with E-state index in [-0.39, 0.29) is 63.7 Å². The Morgan fingerprint density at radius 2 is 0.911 bits per heavy atom. The number of ether oxygens (including phenoxy) is 5. The topological polar surface area (TPSA) is 464 Å². The SMILES string of the molecule is CCOC(=O)CNC(=O)NCc1c(N)cccc1F.CCOC(=O)CNC(=O)NCc1ccc(-n2cccn2)cc1.CCOC(=O)CNC(=O)NCc1ccc(N)nc1.CCOC(=O)CNC(=O)NCc1ccc2ccoc2c1.CCOC(=O)CNC(=O)NCc1cccc(-n2cncn2)c1. The fourth-order valence-electron chi connectivity index (χ4n) is 7.78. The van der Waals surface area contributed by atoms with Crippen molar-refractivity contribution in [3.63, 3.8) is 0 Å². The molecule has 0 unspecified atom stereocenters. The summed E-state index contributed by atoms with van der Waals surface area (Å²) in [5.41, 5.74) is 17.6. The minimum atomic E-state index is -0.601. The third-order valence-corrected chi connectivity index (χ3v) is 12.6. The molecule has 101 heavy (non-hydrogen) atoms. The zero-order chi connectivity index (χ0) is 73.6. The van der Waals surface area contributed by atoms with Gasteiger partial charge in [-0.3, -0.25) is 24.0 Å². The van der Waals surface area contributed by atoms with E-state index in [1.165, 1.54) is 24.5 Å². The van der Waals surface area contributed by atoms with Crippen molar-refractivity contribution in [2.45, 2.75) is 67.3 Å². The minimum absolute atomic E-state index is 0.0623. The number of benzene rings is 4. The second-order valence-corrected chi connectivity index (χ2v) is 20.0. The van der Waals surface area contributed by atoms with Gasteiger partial charge in [-0.15, -0.1) is 0 Å². The maximum Gasteiger partial charge on any atom is 0.325 e. The minimum Gasteiger partial charge on any atom is -0.465 e. The maximum atomic E-state index is 13.4. The number of fused-ring (bicyclic) bond motifs is 1. The number of hydrogen-bond donors (Lipinski definition) is 12. The number of anilines is 2. The molecule has 8 aromatic rings. The Kier molecular flexibility index (Phi) is 37.0. The van der Waals surface area contributed by atoms with Gasteiger partial charge >= 0.3 is 60.0 Å². The van der Waals surface area contributed by atoms with Crippen molar-refractivity contribution >= 4 is 82.5 Å². The first-order valence-electron chi connectivity index (χ1n) is 31.3. The molecule has 0 aliphatic rings. The highest BCUT2D eigenvalue weighted by Gasteiger charge is 2.13. The van der Waals surface area contributed by atoms with Crippen molar-refractivity contribution in [3.05, 3.63) is 180 Å². The van der Waals surface area contributed by atoms with Crippen molar-refractivity contribution in [1.82, 2.24) is 82.7 Å². The molecular weight excluding hydrogens is 1320 g/mol. The third kappa shape index (κ3) is 33.6. The third-order valence-electron chi connectivity index (χ3n) is 12.6. The van der Waals surface area contributed by atoms with E-state index in [1.54, 1.807) is 81.1 Å². The summed E-state index contributed by atoms with van der Waals surface area (Å²) in [4.78, 5) is 120. The van der Waals surface area contributed by atoms with E-state index in [0.29, 0.717) is 51.8 Å². The summed E-state index contributed by atoms with van der Waals surface area (Å²) >= 11 is 0. The van der Waals surface area contributed by atoms with Crippen LogP contribution in [-0.4, -0.2) is 155 Å². The van der Waals surface area contributed by atoms with E-state index in [9.17, 15) is 52.3 Å². The number of rotatable bonds is 27. The first-order chi connectivity index (χ1) is 48.7. The smallest absolute Gasteiger partial charge is 0.325 e. The van der Waals surface area contributed by atoms with Gasteiger partial charge < -0.3 is 92.7 Å². The predicted molar refractivity (Wildman–Crippen MR) is 365 cm³/mol. The fourth-order valence-corrected chi connectivity index (χ4v) is 7.78. The number of furan rings is 1. The Morgan fingerprint density at radius 3 is 1.36 bits per heavy atom. The van der Waals surface area contributed by atoms with Gasteiger partial charge in [0.2, 0.25) is 0 Å². The van der Waals surface area contributed by atoms with Crippen LogP contribution in [0.3, 0.4) is 0 Å². The lowest BCUT2D eigenvalue weighted by molar-refractivity contribution is -0.142. The lowest BCUT2D eigenvalue weighted by Gasteiger charge is -2.09. The Labute approximate surface area is 579 Å². The molecule has 14 N–H and O–H groups in total. The van der Waals surface area contributed by atoms with E-state index in [1.807, 2.05) is 85.1 Å². The molecule has 0 radical (unpaired) electrons. The molecule has 4 heterocycles.